The average Bonchev–Trinajstić information content (AvgIpc) is 3.42. The lowest BCUT2D eigenvalue weighted by Gasteiger charge is -2.18. The normalized spacial score (nSPS) is 12.8. The van der Waals surface area contributed by atoms with E-state index in [-0.39, 0.29) is 31.1 Å². The fraction of sp³-hybridized carbons (Fsp3) is 0.700. The van der Waals surface area contributed by atoms with E-state index >= 15 is 0 Å². The number of rotatable bonds is 57. The average molecular weight is 1060 g/mol. The summed E-state index contributed by atoms with van der Waals surface area (Å²) in [5.74, 6) is -0.889. The number of carbonyl (C=O) groups is 3. The van der Waals surface area contributed by atoms with Crippen LogP contribution < -0.4 is 0 Å². The van der Waals surface area contributed by atoms with Gasteiger partial charge in [0.1, 0.15) is 13.2 Å². The minimum absolute atomic E-state index is 0.0793. The van der Waals surface area contributed by atoms with E-state index in [4.69, 9.17) is 14.2 Å². The molecule has 0 saturated carbocycles. The molecule has 0 aromatic heterocycles. The van der Waals surface area contributed by atoms with Crippen molar-refractivity contribution in [2.45, 2.75) is 303 Å². The lowest BCUT2D eigenvalue weighted by atomic mass is 10.1. The lowest BCUT2D eigenvalue weighted by Crippen LogP contribution is -2.30. The molecule has 0 heterocycles. The third-order valence-electron chi connectivity index (χ3n) is 13.5. The molecular weight excluding hydrogens is 937 g/mol. The van der Waals surface area contributed by atoms with Crippen LogP contribution in [-0.4, -0.2) is 37.2 Å². The van der Waals surface area contributed by atoms with Gasteiger partial charge in [-0.05, 0) is 109 Å². The van der Waals surface area contributed by atoms with Crippen LogP contribution in [0.2, 0.25) is 0 Å². The predicted molar refractivity (Wildman–Crippen MR) is 330 cm³/mol. The van der Waals surface area contributed by atoms with Crippen LogP contribution in [0, 0.1) is 0 Å². The lowest BCUT2D eigenvalue weighted by molar-refractivity contribution is -0.167. The highest BCUT2D eigenvalue weighted by Crippen LogP contribution is 2.16. The number of allylic oxidation sites excluding steroid dienone is 18. The standard InChI is InChI=1S/C70H118O6/c1-4-7-10-13-16-19-22-24-25-26-27-28-29-30-31-32-33-34-35-36-37-38-39-40-41-42-43-44-45-46-49-51-54-57-60-63-69(72)75-66-67(65-74-68(71)62-59-56-53-50-47-21-18-15-12-9-6-3)76-70(73)64-61-58-55-52-48-23-20-17-14-11-8-5-2/h7,10,16-17,19-20,24-25,27-28,30-31,33-34,36-37,39-40,67H,4-6,8-9,11-15,18,21-23,26,29,32,35,38,41-66H2,1-3H3/b10-7-,19-16-,20-17-,25-24-,28-27-,31-30-,34-33-,37-36-,40-39-. The molecule has 0 bridgehead atoms. The van der Waals surface area contributed by atoms with Crippen molar-refractivity contribution in [3.63, 3.8) is 0 Å². The van der Waals surface area contributed by atoms with Crippen LogP contribution in [0.5, 0.6) is 0 Å². The summed E-state index contributed by atoms with van der Waals surface area (Å²) in [5, 5.41) is 0. The van der Waals surface area contributed by atoms with Gasteiger partial charge in [-0.15, -0.1) is 0 Å². The number of hydrogen-bond donors (Lipinski definition) is 0. The van der Waals surface area contributed by atoms with Crippen molar-refractivity contribution in [2.75, 3.05) is 13.2 Å². The number of esters is 3. The first-order valence-electron chi connectivity index (χ1n) is 31.9. The monoisotopic (exact) mass is 1050 g/mol. The number of hydrogen-bond acceptors (Lipinski definition) is 6. The molecule has 0 aliphatic carbocycles. The van der Waals surface area contributed by atoms with Crippen LogP contribution in [0.1, 0.15) is 297 Å². The molecule has 6 heteroatoms. The summed E-state index contributed by atoms with van der Waals surface area (Å²) in [4.78, 5) is 38.1. The minimum Gasteiger partial charge on any atom is -0.462 e. The van der Waals surface area contributed by atoms with E-state index in [1.165, 1.54) is 135 Å². The summed E-state index contributed by atoms with van der Waals surface area (Å²) in [7, 11) is 0. The van der Waals surface area contributed by atoms with Crippen molar-refractivity contribution in [1.82, 2.24) is 0 Å². The Balaban J connectivity index is 4.14. The Hall–Kier alpha value is -3.93. The molecule has 76 heavy (non-hydrogen) atoms. The molecule has 0 aromatic carbocycles. The fourth-order valence-electron chi connectivity index (χ4n) is 8.75. The third kappa shape index (κ3) is 60.9. The minimum atomic E-state index is -0.781. The smallest absolute Gasteiger partial charge is 0.306 e. The Morgan fingerprint density at radius 1 is 0.276 bits per heavy atom. The molecule has 0 saturated heterocycles. The quantitative estimate of drug-likeness (QED) is 0.0261. The van der Waals surface area contributed by atoms with Crippen LogP contribution in [-0.2, 0) is 28.6 Å². The van der Waals surface area contributed by atoms with Crippen LogP contribution in [0.4, 0.5) is 0 Å². The summed E-state index contributed by atoms with van der Waals surface area (Å²) < 4.78 is 16.8. The first-order chi connectivity index (χ1) is 37.5. The molecule has 434 valence electrons. The Kier molecular flexibility index (Phi) is 60.3. The highest BCUT2D eigenvalue weighted by atomic mass is 16.6. The second kappa shape index (κ2) is 63.6. The zero-order valence-electron chi connectivity index (χ0n) is 49.7. The Bertz CT molecular complexity index is 1540. The van der Waals surface area contributed by atoms with E-state index in [1.807, 2.05) is 0 Å². The maximum Gasteiger partial charge on any atom is 0.306 e. The summed E-state index contributed by atoms with van der Waals surface area (Å²) >= 11 is 0. The molecule has 1 atom stereocenters. The predicted octanol–water partition coefficient (Wildman–Crippen LogP) is 21.8. The van der Waals surface area contributed by atoms with Crippen molar-refractivity contribution in [3.8, 4) is 0 Å². The Morgan fingerprint density at radius 3 is 0.842 bits per heavy atom. The molecule has 0 radical (unpaired) electrons. The largest absolute Gasteiger partial charge is 0.462 e. The topological polar surface area (TPSA) is 78.9 Å². The molecule has 0 aliphatic heterocycles. The van der Waals surface area contributed by atoms with Gasteiger partial charge < -0.3 is 14.2 Å². The van der Waals surface area contributed by atoms with Crippen LogP contribution in [0.3, 0.4) is 0 Å². The molecule has 0 aromatic rings. The Morgan fingerprint density at radius 2 is 0.513 bits per heavy atom. The van der Waals surface area contributed by atoms with E-state index in [9.17, 15) is 14.4 Å². The highest BCUT2D eigenvalue weighted by molar-refractivity contribution is 5.71. The molecule has 0 aliphatic rings. The summed E-state index contributed by atoms with van der Waals surface area (Å²) in [5.41, 5.74) is 0. The first kappa shape index (κ1) is 72.1. The fourth-order valence-corrected chi connectivity index (χ4v) is 8.75. The molecule has 0 amide bonds. The third-order valence-corrected chi connectivity index (χ3v) is 13.5. The summed E-state index contributed by atoms with van der Waals surface area (Å²) in [6.45, 7) is 6.49. The van der Waals surface area contributed by atoms with Gasteiger partial charge in [-0.1, -0.05) is 278 Å². The van der Waals surface area contributed by atoms with Crippen LogP contribution in [0.15, 0.2) is 109 Å². The molecule has 6 nitrogen and oxygen atoms in total. The van der Waals surface area contributed by atoms with Gasteiger partial charge in [0.15, 0.2) is 6.10 Å². The first-order valence-corrected chi connectivity index (χ1v) is 31.9. The van der Waals surface area contributed by atoms with E-state index < -0.39 is 6.10 Å². The summed E-state index contributed by atoms with van der Waals surface area (Å²) in [6, 6.07) is 0. The van der Waals surface area contributed by atoms with Gasteiger partial charge in [0.25, 0.3) is 0 Å². The van der Waals surface area contributed by atoms with Crippen molar-refractivity contribution in [2.24, 2.45) is 0 Å². The number of unbranched alkanes of at least 4 members (excludes halogenated alkanes) is 28. The van der Waals surface area contributed by atoms with Crippen molar-refractivity contribution in [3.05, 3.63) is 109 Å². The molecule has 0 spiro atoms. The molecule has 1 unspecified atom stereocenters. The van der Waals surface area contributed by atoms with Crippen molar-refractivity contribution < 1.29 is 28.6 Å². The SMILES string of the molecule is CC/C=C\C/C=C\C/C=C\C/C=C\C/C=C\C/C=C\C/C=C\C/C=C\CCCCCCCCCCCCC(=O)OCC(COC(=O)CCCCCCCCCCCCC)OC(=O)CCCCCCC/C=C\CCCCC. The maximum absolute atomic E-state index is 12.8. The molecular formula is C70H118O6. The van der Waals surface area contributed by atoms with Gasteiger partial charge in [-0.2, -0.15) is 0 Å². The van der Waals surface area contributed by atoms with Crippen LogP contribution in [0.25, 0.3) is 0 Å². The summed E-state index contributed by atoms with van der Waals surface area (Å²) in [6.07, 6.45) is 86.8. The highest BCUT2D eigenvalue weighted by Gasteiger charge is 2.19. The van der Waals surface area contributed by atoms with E-state index in [0.29, 0.717) is 19.3 Å². The van der Waals surface area contributed by atoms with Crippen molar-refractivity contribution >= 4 is 17.9 Å². The molecule has 0 rings (SSSR count). The number of ether oxygens (including phenoxy) is 3. The Labute approximate surface area is 470 Å². The zero-order chi connectivity index (χ0) is 55.0. The van der Waals surface area contributed by atoms with E-state index in [1.54, 1.807) is 0 Å². The van der Waals surface area contributed by atoms with Gasteiger partial charge in [-0.3, -0.25) is 14.4 Å². The van der Waals surface area contributed by atoms with E-state index in [0.717, 1.165) is 122 Å². The molecule has 0 N–H and O–H groups in total. The van der Waals surface area contributed by atoms with Crippen LogP contribution >= 0.6 is 0 Å². The molecule has 0 fully saturated rings. The van der Waals surface area contributed by atoms with Gasteiger partial charge in [-0.25, -0.2) is 0 Å². The van der Waals surface area contributed by atoms with E-state index in [2.05, 4.69) is 130 Å². The van der Waals surface area contributed by atoms with Crippen molar-refractivity contribution in [1.29, 1.82) is 0 Å². The van der Waals surface area contributed by atoms with Gasteiger partial charge >= 0.3 is 17.9 Å². The van der Waals surface area contributed by atoms with Gasteiger partial charge in [0, 0.05) is 19.3 Å². The van der Waals surface area contributed by atoms with Gasteiger partial charge in [0.2, 0.25) is 0 Å². The van der Waals surface area contributed by atoms with Gasteiger partial charge in [0.05, 0.1) is 0 Å². The number of carbonyl (C=O) groups excluding carboxylic acids is 3. The second-order valence-corrected chi connectivity index (χ2v) is 20.9. The second-order valence-electron chi connectivity index (χ2n) is 20.9. The maximum atomic E-state index is 12.8. The zero-order valence-corrected chi connectivity index (χ0v) is 49.7.